The average Bonchev–Trinajstić information content (AvgIpc) is 2.51. The number of ether oxygens (including phenoxy) is 1. The summed E-state index contributed by atoms with van der Waals surface area (Å²) in [6.07, 6.45) is 2.29. The van der Waals surface area contributed by atoms with Crippen LogP contribution in [0.3, 0.4) is 0 Å². The van der Waals surface area contributed by atoms with E-state index in [9.17, 15) is 0 Å². The van der Waals surface area contributed by atoms with Gasteiger partial charge in [0.1, 0.15) is 5.75 Å². The first-order valence-electron chi connectivity index (χ1n) is 8.03. The van der Waals surface area contributed by atoms with Crippen LogP contribution in [0.5, 0.6) is 5.75 Å². The minimum absolute atomic E-state index is 0.221. The lowest BCUT2D eigenvalue weighted by atomic mass is 9.97. The third-order valence-electron chi connectivity index (χ3n) is 4.51. The lowest BCUT2D eigenvalue weighted by Gasteiger charge is -2.37. The summed E-state index contributed by atoms with van der Waals surface area (Å²) in [5, 5.41) is 3.67. The summed E-state index contributed by atoms with van der Waals surface area (Å²) in [4.78, 5) is 2.45. The largest absolute Gasteiger partial charge is 0.497 e. The molecule has 21 heavy (non-hydrogen) atoms. The second-order valence-corrected chi connectivity index (χ2v) is 6.33. The highest BCUT2D eigenvalue weighted by molar-refractivity contribution is 5.29. The number of likely N-dealkylation sites (N-methyl/N-ethyl adjacent to an activating group) is 1. The smallest absolute Gasteiger partial charge is 0.118 e. The Morgan fingerprint density at radius 2 is 1.81 bits per heavy atom. The summed E-state index contributed by atoms with van der Waals surface area (Å²) in [5.41, 5.74) is 1.54. The van der Waals surface area contributed by atoms with Gasteiger partial charge in [0.05, 0.1) is 7.11 Å². The molecular formula is C18H32N2O. The fourth-order valence-corrected chi connectivity index (χ4v) is 2.23. The SMILES string of the molecule is CCCNC(CN(C)C(C)(C)CC)c1ccc(OC)cc1. The van der Waals surface area contributed by atoms with Gasteiger partial charge in [-0.3, -0.25) is 4.90 Å². The van der Waals surface area contributed by atoms with E-state index >= 15 is 0 Å². The minimum Gasteiger partial charge on any atom is -0.497 e. The number of nitrogens with zero attached hydrogens (tertiary/aromatic N) is 1. The van der Waals surface area contributed by atoms with Crippen molar-refractivity contribution < 1.29 is 4.74 Å². The van der Waals surface area contributed by atoms with Gasteiger partial charge in [-0.2, -0.15) is 0 Å². The highest BCUT2D eigenvalue weighted by atomic mass is 16.5. The van der Waals surface area contributed by atoms with Gasteiger partial charge >= 0.3 is 0 Å². The van der Waals surface area contributed by atoms with Crippen LogP contribution in [0.15, 0.2) is 24.3 Å². The molecule has 0 aliphatic heterocycles. The Morgan fingerprint density at radius 3 is 2.29 bits per heavy atom. The summed E-state index contributed by atoms with van der Waals surface area (Å²) >= 11 is 0. The predicted octanol–water partition coefficient (Wildman–Crippen LogP) is 3.86. The van der Waals surface area contributed by atoms with Crippen LogP contribution in [0.1, 0.15) is 52.1 Å². The number of hydrogen-bond donors (Lipinski definition) is 1. The molecule has 1 aromatic rings. The molecule has 0 amide bonds. The first-order valence-corrected chi connectivity index (χ1v) is 8.03. The van der Waals surface area contributed by atoms with Gasteiger partial charge in [-0.15, -0.1) is 0 Å². The molecular weight excluding hydrogens is 260 g/mol. The molecule has 0 saturated heterocycles. The van der Waals surface area contributed by atoms with Crippen LogP contribution in [-0.4, -0.2) is 37.7 Å². The standard InChI is InChI=1S/C18H32N2O/c1-7-13-19-17(14-20(5)18(3,4)8-2)15-9-11-16(21-6)12-10-15/h9-12,17,19H,7-8,13-14H2,1-6H3. The van der Waals surface area contributed by atoms with E-state index in [0.717, 1.165) is 31.7 Å². The van der Waals surface area contributed by atoms with Crippen LogP contribution < -0.4 is 10.1 Å². The van der Waals surface area contributed by atoms with Crippen molar-refractivity contribution in [3.8, 4) is 5.75 Å². The van der Waals surface area contributed by atoms with Gasteiger partial charge in [0.15, 0.2) is 0 Å². The Morgan fingerprint density at radius 1 is 1.19 bits per heavy atom. The van der Waals surface area contributed by atoms with Crippen molar-refractivity contribution in [1.82, 2.24) is 10.2 Å². The first-order chi connectivity index (χ1) is 9.94. The first kappa shape index (κ1) is 18.0. The molecule has 3 nitrogen and oxygen atoms in total. The van der Waals surface area contributed by atoms with Gasteiger partial charge in [-0.05, 0) is 58.0 Å². The van der Waals surface area contributed by atoms with Gasteiger partial charge in [0.2, 0.25) is 0 Å². The second-order valence-electron chi connectivity index (χ2n) is 6.33. The molecule has 1 rings (SSSR count). The van der Waals surface area contributed by atoms with Crippen molar-refractivity contribution in [2.75, 3.05) is 27.2 Å². The van der Waals surface area contributed by atoms with Crippen molar-refractivity contribution in [2.24, 2.45) is 0 Å². The summed E-state index contributed by atoms with van der Waals surface area (Å²) < 4.78 is 5.25. The molecule has 1 unspecified atom stereocenters. The molecule has 3 heteroatoms. The third kappa shape index (κ3) is 5.33. The lowest BCUT2D eigenvalue weighted by molar-refractivity contribution is 0.135. The number of nitrogens with one attached hydrogen (secondary N) is 1. The van der Waals surface area contributed by atoms with E-state index in [1.165, 1.54) is 5.56 Å². The highest BCUT2D eigenvalue weighted by Crippen LogP contribution is 2.23. The molecule has 0 aliphatic rings. The van der Waals surface area contributed by atoms with Crippen LogP contribution >= 0.6 is 0 Å². The fourth-order valence-electron chi connectivity index (χ4n) is 2.23. The van der Waals surface area contributed by atoms with Crippen molar-refractivity contribution in [2.45, 2.75) is 52.1 Å². The van der Waals surface area contributed by atoms with E-state index in [4.69, 9.17) is 4.74 Å². The third-order valence-corrected chi connectivity index (χ3v) is 4.51. The van der Waals surface area contributed by atoms with Crippen molar-refractivity contribution in [3.05, 3.63) is 29.8 Å². The highest BCUT2D eigenvalue weighted by Gasteiger charge is 2.24. The molecule has 0 bridgehead atoms. The molecule has 0 radical (unpaired) electrons. The molecule has 120 valence electrons. The van der Waals surface area contributed by atoms with E-state index in [1.54, 1.807) is 7.11 Å². The second kappa shape index (κ2) is 8.40. The van der Waals surface area contributed by atoms with Gasteiger partial charge in [-0.25, -0.2) is 0 Å². The van der Waals surface area contributed by atoms with Crippen molar-refractivity contribution in [1.29, 1.82) is 0 Å². The number of rotatable bonds is 9. The quantitative estimate of drug-likeness (QED) is 0.748. The molecule has 1 aromatic carbocycles. The zero-order chi connectivity index (χ0) is 15.9. The maximum absolute atomic E-state index is 5.25. The van der Waals surface area contributed by atoms with Crippen LogP contribution in [0.4, 0.5) is 0 Å². The Hall–Kier alpha value is -1.06. The maximum Gasteiger partial charge on any atom is 0.118 e. The molecule has 0 saturated carbocycles. The minimum atomic E-state index is 0.221. The van der Waals surface area contributed by atoms with E-state index in [0.29, 0.717) is 6.04 Å². The van der Waals surface area contributed by atoms with Gasteiger partial charge < -0.3 is 10.1 Å². The van der Waals surface area contributed by atoms with E-state index in [2.05, 4.69) is 57.1 Å². The van der Waals surface area contributed by atoms with E-state index in [-0.39, 0.29) is 5.54 Å². The van der Waals surface area contributed by atoms with Crippen LogP contribution in [0, 0.1) is 0 Å². The Labute approximate surface area is 130 Å². The van der Waals surface area contributed by atoms with Crippen LogP contribution in [0.25, 0.3) is 0 Å². The zero-order valence-electron chi connectivity index (χ0n) is 14.6. The Kier molecular flexibility index (Phi) is 7.20. The molecule has 0 aromatic heterocycles. The average molecular weight is 292 g/mol. The Bertz CT molecular complexity index is 400. The van der Waals surface area contributed by atoms with Gasteiger partial charge in [-0.1, -0.05) is 26.0 Å². The predicted molar refractivity (Wildman–Crippen MR) is 91.0 cm³/mol. The topological polar surface area (TPSA) is 24.5 Å². The lowest BCUT2D eigenvalue weighted by Crippen LogP contribution is -2.45. The normalized spacial score (nSPS) is 13.5. The number of methoxy groups -OCH3 is 1. The van der Waals surface area contributed by atoms with Crippen LogP contribution in [-0.2, 0) is 0 Å². The van der Waals surface area contributed by atoms with Gasteiger partial charge in [0.25, 0.3) is 0 Å². The molecule has 0 fully saturated rings. The number of hydrogen-bond acceptors (Lipinski definition) is 3. The van der Waals surface area contributed by atoms with E-state index < -0.39 is 0 Å². The molecule has 1 N–H and O–H groups in total. The zero-order valence-corrected chi connectivity index (χ0v) is 14.6. The Balaban J connectivity index is 2.83. The van der Waals surface area contributed by atoms with Crippen molar-refractivity contribution >= 4 is 0 Å². The summed E-state index contributed by atoms with van der Waals surface area (Å²) in [6, 6.07) is 8.77. The summed E-state index contributed by atoms with van der Waals surface area (Å²) in [7, 11) is 3.92. The molecule has 0 heterocycles. The monoisotopic (exact) mass is 292 g/mol. The fraction of sp³-hybridized carbons (Fsp3) is 0.667. The summed E-state index contributed by atoms with van der Waals surface area (Å²) in [5.74, 6) is 0.912. The van der Waals surface area contributed by atoms with E-state index in [1.807, 2.05) is 12.1 Å². The number of benzene rings is 1. The maximum atomic E-state index is 5.25. The molecule has 0 spiro atoms. The van der Waals surface area contributed by atoms with Crippen molar-refractivity contribution in [3.63, 3.8) is 0 Å². The molecule has 1 atom stereocenters. The van der Waals surface area contributed by atoms with Gasteiger partial charge in [0, 0.05) is 18.1 Å². The van der Waals surface area contributed by atoms with Crippen LogP contribution in [0.2, 0.25) is 0 Å². The summed E-state index contributed by atoms with van der Waals surface area (Å²) in [6.45, 7) is 11.1. The molecule has 0 aliphatic carbocycles.